The van der Waals surface area contributed by atoms with Gasteiger partial charge in [0.2, 0.25) is 5.78 Å². The van der Waals surface area contributed by atoms with Crippen LogP contribution in [0, 0.1) is 0 Å². The Bertz CT molecular complexity index is 735. The second-order valence-electron chi connectivity index (χ2n) is 7.57. The second-order valence-corrected chi connectivity index (χ2v) is 7.57. The molecule has 156 valence electrons. The third-order valence-corrected chi connectivity index (χ3v) is 4.78. The Morgan fingerprint density at radius 2 is 1.43 bits per heavy atom. The van der Waals surface area contributed by atoms with E-state index in [-0.39, 0.29) is 29.7 Å². The standard InChI is InChI=1S/C23H34O5/c1-15(2)9-8-10-17(5)12-14-19-20(24)18(13-11-16(3)4)21(25)23(27-6,28-7)22(19)26/h9,11-12,24,26H,8,10,13-14H2,1-7H3. The van der Waals surface area contributed by atoms with Crippen LogP contribution in [0.15, 0.2) is 57.6 Å². The number of Topliss-reactive ketones (excluding diaryl/α,β-unsaturated/α-hetero) is 1. The molecule has 0 fully saturated rings. The number of ether oxygens (including phenoxy) is 2. The van der Waals surface area contributed by atoms with Crippen molar-refractivity contribution in [2.75, 3.05) is 14.2 Å². The Hall–Kier alpha value is -2.11. The van der Waals surface area contributed by atoms with Crippen molar-refractivity contribution in [1.29, 1.82) is 0 Å². The predicted molar refractivity (Wildman–Crippen MR) is 112 cm³/mol. The van der Waals surface area contributed by atoms with Gasteiger partial charge in [0.25, 0.3) is 5.79 Å². The zero-order valence-electron chi connectivity index (χ0n) is 18.2. The van der Waals surface area contributed by atoms with E-state index in [0.717, 1.165) is 24.0 Å². The fourth-order valence-corrected chi connectivity index (χ4v) is 3.02. The Kier molecular flexibility index (Phi) is 8.92. The number of aliphatic hydroxyl groups is 2. The van der Waals surface area contributed by atoms with Crippen LogP contribution in [0.25, 0.3) is 0 Å². The lowest BCUT2D eigenvalue weighted by atomic mass is 9.85. The van der Waals surface area contributed by atoms with E-state index in [1.54, 1.807) is 0 Å². The van der Waals surface area contributed by atoms with Gasteiger partial charge in [0, 0.05) is 25.4 Å². The molecule has 0 radical (unpaired) electrons. The van der Waals surface area contributed by atoms with E-state index in [1.807, 2.05) is 32.9 Å². The molecule has 2 N–H and O–H groups in total. The van der Waals surface area contributed by atoms with Crippen LogP contribution >= 0.6 is 0 Å². The average molecular weight is 391 g/mol. The zero-order chi connectivity index (χ0) is 21.5. The maximum atomic E-state index is 12.9. The Morgan fingerprint density at radius 1 is 0.893 bits per heavy atom. The largest absolute Gasteiger partial charge is 0.507 e. The summed E-state index contributed by atoms with van der Waals surface area (Å²) in [6, 6.07) is 0. The Labute approximate surface area is 168 Å². The minimum Gasteiger partial charge on any atom is -0.507 e. The molecule has 1 rings (SSSR count). The molecular formula is C23H34O5. The number of aliphatic hydroxyl groups excluding tert-OH is 2. The predicted octanol–water partition coefficient (Wildman–Crippen LogP) is 5.62. The first-order chi connectivity index (χ1) is 13.1. The van der Waals surface area contributed by atoms with E-state index in [4.69, 9.17) is 9.47 Å². The summed E-state index contributed by atoms with van der Waals surface area (Å²) < 4.78 is 10.6. The number of ketones is 1. The Morgan fingerprint density at radius 3 is 1.93 bits per heavy atom. The van der Waals surface area contributed by atoms with Gasteiger partial charge < -0.3 is 19.7 Å². The molecule has 0 atom stereocenters. The van der Waals surface area contributed by atoms with Crippen molar-refractivity contribution in [3.63, 3.8) is 0 Å². The van der Waals surface area contributed by atoms with Crippen LogP contribution in [0.2, 0.25) is 0 Å². The number of carbonyl (C=O) groups excluding carboxylic acids is 1. The second kappa shape index (κ2) is 10.4. The Balaban J connectivity index is 3.30. The molecule has 5 heteroatoms. The maximum absolute atomic E-state index is 12.9. The van der Waals surface area contributed by atoms with E-state index in [1.165, 1.54) is 19.8 Å². The van der Waals surface area contributed by atoms with Gasteiger partial charge in [-0.05, 0) is 60.3 Å². The molecule has 5 nitrogen and oxygen atoms in total. The molecule has 0 saturated carbocycles. The van der Waals surface area contributed by atoms with Gasteiger partial charge >= 0.3 is 0 Å². The highest BCUT2D eigenvalue weighted by atomic mass is 16.7. The maximum Gasteiger partial charge on any atom is 0.293 e. The summed E-state index contributed by atoms with van der Waals surface area (Å²) in [6.07, 6.45) is 8.29. The van der Waals surface area contributed by atoms with Crippen LogP contribution in [-0.4, -0.2) is 36.0 Å². The van der Waals surface area contributed by atoms with Crippen molar-refractivity contribution in [2.24, 2.45) is 0 Å². The van der Waals surface area contributed by atoms with Crippen LogP contribution in [0.5, 0.6) is 0 Å². The van der Waals surface area contributed by atoms with E-state index in [0.29, 0.717) is 0 Å². The quantitative estimate of drug-likeness (QED) is 0.395. The van der Waals surface area contributed by atoms with Gasteiger partial charge in [-0.2, -0.15) is 0 Å². The third kappa shape index (κ3) is 5.46. The fraction of sp³-hybridized carbons (Fsp3) is 0.522. The lowest BCUT2D eigenvalue weighted by Gasteiger charge is -2.34. The van der Waals surface area contributed by atoms with Crippen LogP contribution in [0.1, 0.15) is 60.3 Å². The molecule has 0 aromatic rings. The van der Waals surface area contributed by atoms with Crippen molar-refractivity contribution >= 4 is 5.78 Å². The van der Waals surface area contributed by atoms with Crippen molar-refractivity contribution in [2.45, 2.75) is 66.1 Å². The smallest absolute Gasteiger partial charge is 0.293 e. The normalized spacial score (nSPS) is 17.1. The number of allylic oxidation sites excluding steroid dienone is 7. The number of hydrogen-bond donors (Lipinski definition) is 2. The number of methoxy groups -OCH3 is 2. The number of hydrogen-bond acceptors (Lipinski definition) is 5. The lowest BCUT2D eigenvalue weighted by molar-refractivity contribution is -0.199. The number of carbonyl (C=O) groups is 1. The monoisotopic (exact) mass is 390 g/mol. The molecular weight excluding hydrogens is 356 g/mol. The first kappa shape index (κ1) is 23.9. The summed E-state index contributed by atoms with van der Waals surface area (Å²) in [5.41, 5.74) is 3.85. The molecule has 0 aromatic heterocycles. The molecule has 28 heavy (non-hydrogen) atoms. The van der Waals surface area contributed by atoms with Gasteiger partial charge in [-0.3, -0.25) is 4.79 Å². The van der Waals surface area contributed by atoms with Crippen molar-refractivity contribution in [3.8, 4) is 0 Å². The van der Waals surface area contributed by atoms with E-state index < -0.39 is 17.3 Å². The molecule has 1 aliphatic rings. The fourth-order valence-electron chi connectivity index (χ4n) is 3.02. The molecule has 0 saturated heterocycles. The molecule has 0 spiro atoms. The van der Waals surface area contributed by atoms with Crippen molar-refractivity contribution < 1.29 is 24.5 Å². The van der Waals surface area contributed by atoms with Crippen molar-refractivity contribution in [3.05, 3.63) is 57.6 Å². The summed E-state index contributed by atoms with van der Waals surface area (Å²) in [4.78, 5) is 12.9. The number of rotatable bonds is 9. The van der Waals surface area contributed by atoms with Crippen LogP contribution in [0.4, 0.5) is 0 Å². The van der Waals surface area contributed by atoms with Gasteiger partial charge in [0.05, 0.1) is 0 Å². The molecule has 0 heterocycles. The summed E-state index contributed by atoms with van der Waals surface area (Å²) in [6.45, 7) is 9.96. The first-order valence-corrected chi connectivity index (χ1v) is 9.53. The minimum absolute atomic E-state index is 0.174. The summed E-state index contributed by atoms with van der Waals surface area (Å²) in [5.74, 6) is -3.10. The SMILES string of the molecule is COC1(OC)C(=O)C(CC=C(C)C)=C(O)C(CC=C(C)CCC=C(C)C)=C1O. The van der Waals surface area contributed by atoms with Gasteiger partial charge in [-0.25, -0.2) is 0 Å². The van der Waals surface area contributed by atoms with Gasteiger partial charge in [-0.15, -0.1) is 0 Å². The average Bonchev–Trinajstić information content (AvgIpc) is 2.62. The van der Waals surface area contributed by atoms with E-state index in [9.17, 15) is 15.0 Å². The molecule has 0 amide bonds. The van der Waals surface area contributed by atoms with Crippen LogP contribution in [-0.2, 0) is 14.3 Å². The van der Waals surface area contributed by atoms with Crippen molar-refractivity contribution in [1.82, 2.24) is 0 Å². The summed E-state index contributed by atoms with van der Waals surface area (Å²) in [5, 5.41) is 21.5. The van der Waals surface area contributed by atoms with Crippen LogP contribution in [0.3, 0.4) is 0 Å². The summed E-state index contributed by atoms with van der Waals surface area (Å²) >= 11 is 0. The minimum atomic E-state index is -1.92. The molecule has 0 aliphatic heterocycles. The third-order valence-electron chi connectivity index (χ3n) is 4.78. The first-order valence-electron chi connectivity index (χ1n) is 9.53. The van der Waals surface area contributed by atoms with Crippen LogP contribution < -0.4 is 0 Å². The molecule has 0 bridgehead atoms. The van der Waals surface area contributed by atoms with E-state index in [2.05, 4.69) is 19.9 Å². The molecule has 1 aliphatic carbocycles. The highest BCUT2D eigenvalue weighted by Gasteiger charge is 2.50. The highest BCUT2D eigenvalue weighted by Crippen LogP contribution is 2.38. The summed E-state index contributed by atoms with van der Waals surface area (Å²) in [7, 11) is 2.60. The molecule has 0 aromatic carbocycles. The van der Waals surface area contributed by atoms with Gasteiger partial charge in [0.1, 0.15) is 5.76 Å². The van der Waals surface area contributed by atoms with Gasteiger partial charge in [-0.1, -0.05) is 34.9 Å². The van der Waals surface area contributed by atoms with E-state index >= 15 is 0 Å². The lowest BCUT2D eigenvalue weighted by Crippen LogP contribution is -2.48. The zero-order valence-corrected chi connectivity index (χ0v) is 18.2. The van der Waals surface area contributed by atoms with Gasteiger partial charge in [0.15, 0.2) is 5.76 Å². The molecule has 0 unspecified atom stereocenters. The highest BCUT2D eigenvalue weighted by molar-refractivity contribution is 6.05. The topological polar surface area (TPSA) is 76.0 Å².